The van der Waals surface area contributed by atoms with Gasteiger partial charge in [-0.25, -0.2) is 0 Å². The Labute approximate surface area is 126 Å². The van der Waals surface area contributed by atoms with E-state index in [0.717, 1.165) is 17.7 Å². The van der Waals surface area contributed by atoms with Crippen LogP contribution in [-0.2, 0) is 0 Å². The average Bonchev–Trinajstić information content (AvgIpc) is 2.47. The second-order valence-electron chi connectivity index (χ2n) is 5.16. The Hall–Kier alpha value is -2.76. The van der Waals surface area contributed by atoms with E-state index in [1.165, 1.54) is 6.07 Å². The van der Waals surface area contributed by atoms with Crippen LogP contribution in [0.25, 0.3) is 0 Å². The number of nitrogens with one attached hydrogen (secondary N) is 1. The molecule has 22 heavy (non-hydrogen) atoms. The molecule has 0 aromatic heterocycles. The van der Waals surface area contributed by atoms with Crippen molar-refractivity contribution in [3.8, 4) is 0 Å². The van der Waals surface area contributed by atoms with Gasteiger partial charge < -0.3 is 5.32 Å². The number of benzene rings is 2. The van der Waals surface area contributed by atoms with Crippen molar-refractivity contribution in [3.63, 3.8) is 0 Å². The fraction of sp³-hybridized carbons (Fsp3) is 0.188. The van der Waals surface area contributed by atoms with Crippen molar-refractivity contribution < 1.29 is 14.1 Å². The van der Waals surface area contributed by atoms with Gasteiger partial charge in [0.1, 0.15) is 0 Å². The van der Waals surface area contributed by atoms with Crippen LogP contribution in [0.5, 0.6) is 0 Å². The van der Waals surface area contributed by atoms with E-state index in [0.29, 0.717) is 11.6 Å². The number of hydrogen-bond donors (Lipinski definition) is 1. The van der Waals surface area contributed by atoms with Crippen molar-refractivity contribution >= 4 is 17.3 Å². The zero-order chi connectivity index (χ0) is 16.3. The molecule has 114 valence electrons. The monoisotopic (exact) mass is 302 g/mol. The van der Waals surface area contributed by atoms with Crippen LogP contribution >= 0.6 is 0 Å². The molecule has 0 saturated heterocycles. The molecule has 0 aliphatic heterocycles. The molecule has 1 amide bonds. The second-order valence-corrected chi connectivity index (χ2v) is 5.16. The molecule has 6 heteroatoms. The molecule has 0 radical (unpaired) electrons. The molecule has 0 atom stereocenters. The van der Waals surface area contributed by atoms with Crippen LogP contribution in [0.1, 0.15) is 35.7 Å². The predicted molar refractivity (Wildman–Crippen MR) is 81.5 cm³/mol. The number of nitro groups is 1. The van der Waals surface area contributed by atoms with Crippen molar-refractivity contribution in [1.82, 2.24) is 0 Å². The van der Waals surface area contributed by atoms with Crippen LogP contribution in [-0.4, -0.2) is 10.8 Å². The van der Waals surface area contributed by atoms with E-state index < -0.39 is 22.3 Å². The van der Waals surface area contributed by atoms with Crippen LogP contribution in [0.4, 0.5) is 15.8 Å². The first-order chi connectivity index (χ1) is 10.4. The van der Waals surface area contributed by atoms with Crippen LogP contribution in [0.3, 0.4) is 0 Å². The lowest BCUT2D eigenvalue weighted by atomic mass is 10.0. The minimum atomic E-state index is -0.969. The minimum absolute atomic E-state index is 0.0306. The van der Waals surface area contributed by atoms with E-state index in [1.807, 2.05) is 32.0 Å². The Balaban J connectivity index is 2.24. The van der Waals surface area contributed by atoms with E-state index in [1.54, 1.807) is 6.07 Å². The van der Waals surface area contributed by atoms with Crippen molar-refractivity contribution in [2.75, 3.05) is 5.32 Å². The number of hydrogen-bond acceptors (Lipinski definition) is 3. The summed E-state index contributed by atoms with van der Waals surface area (Å²) >= 11 is 0. The highest BCUT2D eigenvalue weighted by molar-refractivity contribution is 6.04. The number of carbonyl (C=O) groups excluding carboxylic acids is 1. The van der Waals surface area contributed by atoms with Gasteiger partial charge in [-0.05, 0) is 35.7 Å². The molecule has 0 aliphatic rings. The standard InChI is InChI=1S/C16H15FN2O3/c1-10(2)11-4-3-5-13(8-11)18-16(20)12-6-7-14(17)15(9-12)19(21)22/h3-10H,1-2H3,(H,18,20). The highest BCUT2D eigenvalue weighted by atomic mass is 19.1. The smallest absolute Gasteiger partial charge is 0.305 e. The Morgan fingerprint density at radius 2 is 1.95 bits per heavy atom. The SMILES string of the molecule is CC(C)c1cccc(NC(=O)c2ccc(F)c([N+](=O)[O-])c2)c1. The van der Waals surface area contributed by atoms with E-state index in [9.17, 15) is 19.3 Å². The predicted octanol–water partition coefficient (Wildman–Crippen LogP) is 4.11. The summed E-state index contributed by atoms with van der Waals surface area (Å²) in [6, 6.07) is 10.4. The van der Waals surface area contributed by atoms with Crippen molar-refractivity contribution in [1.29, 1.82) is 0 Å². The molecular weight excluding hydrogens is 287 g/mol. The Morgan fingerprint density at radius 1 is 1.23 bits per heavy atom. The Morgan fingerprint density at radius 3 is 2.59 bits per heavy atom. The summed E-state index contributed by atoms with van der Waals surface area (Å²) < 4.78 is 13.3. The first-order valence-electron chi connectivity index (χ1n) is 6.73. The van der Waals surface area contributed by atoms with E-state index in [-0.39, 0.29) is 5.56 Å². The first-order valence-corrected chi connectivity index (χ1v) is 6.73. The number of carbonyl (C=O) groups is 1. The lowest BCUT2D eigenvalue weighted by Crippen LogP contribution is -2.12. The zero-order valence-corrected chi connectivity index (χ0v) is 12.2. The lowest BCUT2D eigenvalue weighted by Gasteiger charge is -2.09. The largest absolute Gasteiger partial charge is 0.322 e. The van der Waals surface area contributed by atoms with Gasteiger partial charge >= 0.3 is 5.69 Å². The van der Waals surface area contributed by atoms with Crippen LogP contribution in [0.15, 0.2) is 42.5 Å². The molecule has 0 heterocycles. The van der Waals surface area contributed by atoms with Gasteiger partial charge in [0.25, 0.3) is 5.91 Å². The molecule has 0 aliphatic carbocycles. The molecule has 2 aromatic rings. The summed E-state index contributed by atoms with van der Waals surface area (Å²) in [6.07, 6.45) is 0. The van der Waals surface area contributed by atoms with Gasteiger partial charge in [-0.3, -0.25) is 14.9 Å². The molecule has 2 rings (SSSR count). The van der Waals surface area contributed by atoms with Crippen molar-refractivity contribution in [2.24, 2.45) is 0 Å². The van der Waals surface area contributed by atoms with E-state index in [2.05, 4.69) is 5.32 Å². The summed E-state index contributed by atoms with van der Waals surface area (Å²) in [6.45, 7) is 4.06. The van der Waals surface area contributed by atoms with Gasteiger partial charge in [0, 0.05) is 17.3 Å². The average molecular weight is 302 g/mol. The van der Waals surface area contributed by atoms with Crippen LogP contribution < -0.4 is 5.32 Å². The third kappa shape index (κ3) is 3.46. The maximum atomic E-state index is 13.3. The van der Waals surface area contributed by atoms with Gasteiger partial charge in [0.15, 0.2) is 0 Å². The van der Waals surface area contributed by atoms with Crippen molar-refractivity contribution in [3.05, 3.63) is 69.5 Å². The molecule has 2 aromatic carbocycles. The molecule has 1 N–H and O–H groups in total. The number of anilines is 1. The third-order valence-electron chi connectivity index (χ3n) is 3.22. The highest BCUT2D eigenvalue weighted by Gasteiger charge is 2.17. The molecule has 0 bridgehead atoms. The molecular formula is C16H15FN2O3. The number of rotatable bonds is 4. The minimum Gasteiger partial charge on any atom is -0.322 e. The summed E-state index contributed by atoms with van der Waals surface area (Å²) in [7, 11) is 0. The lowest BCUT2D eigenvalue weighted by molar-refractivity contribution is -0.387. The summed E-state index contributed by atoms with van der Waals surface area (Å²) in [5.41, 5.74) is 0.956. The number of halogens is 1. The quantitative estimate of drug-likeness (QED) is 0.682. The number of nitrogens with zero attached hydrogens (tertiary/aromatic N) is 1. The maximum Gasteiger partial charge on any atom is 0.305 e. The molecule has 0 fully saturated rings. The molecule has 0 spiro atoms. The maximum absolute atomic E-state index is 13.3. The summed E-state index contributed by atoms with van der Waals surface area (Å²) in [5, 5.41) is 13.4. The van der Waals surface area contributed by atoms with Gasteiger partial charge in [0.05, 0.1) is 4.92 Å². The van der Waals surface area contributed by atoms with Gasteiger partial charge in [-0.1, -0.05) is 26.0 Å². The number of nitro benzene ring substituents is 1. The van der Waals surface area contributed by atoms with Gasteiger partial charge in [0.2, 0.25) is 5.82 Å². The Kier molecular flexibility index (Phi) is 4.50. The van der Waals surface area contributed by atoms with Crippen molar-refractivity contribution in [2.45, 2.75) is 19.8 Å². The molecule has 0 unspecified atom stereocenters. The topological polar surface area (TPSA) is 72.2 Å². The van der Waals surface area contributed by atoms with Gasteiger partial charge in [-0.2, -0.15) is 4.39 Å². The van der Waals surface area contributed by atoms with Crippen LogP contribution in [0.2, 0.25) is 0 Å². The highest BCUT2D eigenvalue weighted by Crippen LogP contribution is 2.21. The third-order valence-corrected chi connectivity index (χ3v) is 3.22. The van der Waals surface area contributed by atoms with E-state index >= 15 is 0 Å². The second kappa shape index (κ2) is 6.34. The number of amides is 1. The molecule has 5 nitrogen and oxygen atoms in total. The first kappa shape index (κ1) is 15.6. The normalized spacial score (nSPS) is 10.5. The van der Waals surface area contributed by atoms with Gasteiger partial charge in [-0.15, -0.1) is 0 Å². The fourth-order valence-corrected chi connectivity index (χ4v) is 1.97. The van der Waals surface area contributed by atoms with E-state index in [4.69, 9.17) is 0 Å². The summed E-state index contributed by atoms with van der Waals surface area (Å²) in [4.78, 5) is 22.0. The summed E-state index contributed by atoms with van der Waals surface area (Å²) in [5.74, 6) is -1.18. The fourth-order valence-electron chi connectivity index (χ4n) is 1.97. The molecule has 0 saturated carbocycles. The Bertz CT molecular complexity index is 729. The zero-order valence-electron chi connectivity index (χ0n) is 12.2. The van der Waals surface area contributed by atoms with Crippen LogP contribution in [0, 0.1) is 15.9 Å².